The van der Waals surface area contributed by atoms with Crippen LogP contribution in [0.2, 0.25) is 0 Å². The lowest BCUT2D eigenvalue weighted by Crippen LogP contribution is -2.37. The van der Waals surface area contributed by atoms with Gasteiger partial charge in [-0.25, -0.2) is 14.6 Å². The van der Waals surface area contributed by atoms with E-state index in [9.17, 15) is 9.90 Å². The number of phenolic OH excluding ortho intramolecular Hbond substituents is 1. The number of carbonyl (C=O) groups excluding carboxylic acids is 1. The van der Waals surface area contributed by atoms with Crippen LogP contribution in [-0.4, -0.2) is 93.4 Å². The maximum atomic E-state index is 12.6. The van der Waals surface area contributed by atoms with Crippen molar-refractivity contribution in [2.45, 2.75) is 19.4 Å². The van der Waals surface area contributed by atoms with Crippen molar-refractivity contribution in [3.63, 3.8) is 0 Å². The Morgan fingerprint density at radius 2 is 1.79 bits per heavy atom. The summed E-state index contributed by atoms with van der Waals surface area (Å²) in [5.41, 5.74) is 3.54. The van der Waals surface area contributed by atoms with Crippen molar-refractivity contribution in [2.75, 3.05) is 57.4 Å². The number of fused-ring (bicyclic) bond motifs is 1. The minimum atomic E-state index is -0.0643. The molecule has 1 amide bonds. The first-order chi connectivity index (χ1) is 19.1. The van der Waals surface area contributed by atoms with Crippen LogP contribution in [-0.2, 0) is 11.3 Å². The van der Waals surface area contributed by atoms with Crippen molar-refractivity contribution >= 4 is 22.9 Å². The summed E-state index contributed by atoms with van der Waals surface area (Å²) in [6.07, 6.45) is 2.49. The molecule has 4 heterocycles. The molecule has 11 heteroatoms. The van der Waals surface area contributed by atoms with Crippen molar-refractivity contribution < 1.29 is 14.6 Å². The first-order valence-corrected chi connectivity index (χ1v) is 13.5. The number of nitrogens with one attached hydrogen (secondary N) is 1. The molecule has 2 aromatic heterocycles. The second kappa shape index (κ2) is 11.3. The molecular weight excluding hydrogens is 496 g/mol. The average molecular weight is 529 g/mol. The molecule has 0 radical (unpaired) electrons. The summed E-state index contributed by atoms with van der Waals surface area (Å²) >= 11 is 0. The molecule has 0 unspecified atom stereocenters. The van der Waals surface area contributed by atoms with Crippen molar-refractivity contribution in [2.24, 2.45) is 0 Å². The van der Waals surface area contributed by atoms with E-state index < -0.39 is 0 Å². The fraction of sp³-hybridized carbons (Fsp3) is 0.393. The summed E-state index contributed by atoms with van der Waals surface area (Å²) in [6.45, 7) is 6.83. The smallest absolute Gasteiger partial charge is 0.251 e. The van der Waals surface area contributed by atoms with Crippen molar-refractivity contribution in [1.29, 1.82) is 0 Å². The zero-order valence-electron chi connectivity index (χ0n) is 21.8. The second-order valence-corrected chi connectivity index (χ2v) is 9.94. The molecule has 39 heavy (non-hydrogen) atoms. The van der Waals surface area contributed by atoms with E-state index in [1.54, 1.807) is 22.9 Å². The lowest BCUT2D eigenvalue weighted by atomic mass is 10.1. The Bertz CT molecular complexity index is 1440. The maximum Gasteiger partial charge on any atom is 0.251 e. The summed E-state index contributed by atoms with van der Waals surface area (Å²) in [7, 11) is 0. The molecule has 0 aliphatic carbocycles. The fourth-order valence-corrected chi connectivity index (χ4v) is 5.09. The number of ether oxygens (including phenoxy) is 1. The van der Waals surface area contributed by atoms with Crippen LogP contribution in [0, 0.1) is 0 Å². The number of hydrogen-bond acceptors (Lipinski definition) is 9. The quantitative estimate of drug-likeness (QED) is 0.355. The topological polar surface area (TPSA) is 122 Å². The van der Waals surface area contributed by atoms with Gasteiger partial charge >= 0.3 is 0 Å². The number of hydrogen-bond donors (Lipinski definition) is 2. The Morgan fingerprint density at radius 1 is 1.00 bits per heavy atom. The summed E-state index contributed by atoms with van der Waals surface area (Å²) in [5.74, 6) is 1.28. The van der Waals surface area contributed by atoms with Gasteiger partial charge in [0, 0.05) is 37.3 Å². The van der Waals surface area contributed by atoms with Gasteiger partial charge < -0.3 is 25.0 Å². The average Bonchev–Trinajstić information content (AvgIpc) is 3.64. The number of carbonyl (C=O) groups is 1. The number of aromatic nitrogens is 5. The van der Waals surface area contributed by atoms with E-state index >= 15 is 0 Å². The number of benzene rings is 2. The molecule has 2 aliphatic heterocycles. The molecule has 2 fully saturated rings. The largest absolute Gasteiger partial charge is 0.508 e. The van der Waals surface area contributed by atoms with Crippen LogP contribution in [0.5, 0.6) is 5.75 Å². The highest BCUT2D eigenvalue weighted by Gasteiger charge is 2.22. The van der Waals surface area contributed by atoms with Gasteiger partial charge in [-0.1, -0.05) is 29.5 Å². The van der Waals surface area contributed by atoms with Gasteiger partial charge in [-0.05, 0) is 55.8 Å². The molecule has 2 N–H and O–H groups in total. The highest BCUT2D eigenvalue weighted by molar-refractivity contribution is 5.94. The Hall–Kier alpha value is -4.09. The molecule has 2 aromatic carbocycles. The molecular formula is C28H32N8O3. The molecule has 11 nitrogen and oxygen atoms in total. The van der Waals surface area contributed by atoms with E-state index in [-0.39, 0.29) is 11.7 Å². The van der Waals surface area contributed by atoms with Crippen molar-refractivity contribution in [3.05, 3.63) is 59.7 Å². The second-order valence-electron chi connectivity index (χ2n) is 9.94. The zero-order chi connectivity index (χ0) is 26.6. The van der Waals surface area contributed by atoms with E-state index in [2.05, 4.69) is 25.4 Å². The third-order valence-corrected chi connectivity index (χ3v) is 7.22. The number of likely N-dealkylation sites (tertiary alicyclic amines) is 1. The highest BCUT2D eigenvalue weighted by Crippen LogP contribution is 2.28. The number of anilines is 1. The molecule has 0 spiro atoms. The van der Waals surface area contributed by atoms with Gasteiger partial charge in [-0.3, -0.25) is 4.79 Å². The van der Waals surface area contributed by atoms with Crippen LogP contribution in [0.3, 0.4) is 0 Å². The third kappa shape index (κ3) is 5.69. The van der Waals surface area contributed by atoms with Crippen LogP contribution in [0.4, 0.5) is 5.82 Å². The number of nitrogens with zero attached hydrogens (tertiary/aromatic N) is 7. The maximum absolute atomic E-state index is 12.6. The summed E-state index contributed by atoms with van der Waals surface area (Å²) in [6, 6.07) is 14.4. The standard InChI is InChI=1S/C28H32N8O3/c37-23-5-3-4-22(18-23)25-30-26(35-14-16-39-17-15-35)24-27(31-25)36(33-32-24)19-20-6-8-21(9-7-20)28(38)29-10-13-34-11-1-2-12-34/h3-9,18,37H,1-2,10-17,19H2,(H,29,38). The predicted molar refractivity (Wildman–Crippen MR) is 147 cm³/mol. The van der Waals surface area contributed by atoms with Crippen molar-refractivity contribution in [1.82, 2.24) is 35.2 Å². The lowest BCUT2D eigenvalue weighted by Gasteiger charge is -2.28. The molecule has 4 aromatic rings. The predicted octanol–water partition coefficient (Wildman–Crippen LogP) is 2.30. The number of morpholine rings is 1. The van der Waals surface area contributed by atoms with Crippen LogP contribution >= 0.6 is 0 Å². The summed E-state index contributed by atoms with van der Waals surface area (Å²) < 4.78 is 7.28. The summed E-state index contributed by atoms with van der Waals surface area (Å²) in [5, 5.41) is 21.9. The van der Waals surface area contributed by atoms with Gasteiger partial charge in [0.25, 0.3) is 5.91 Å². The Kier molecular flexibility index (Phi) is 7.33. The molecule has 6 rings (SSSR count). The Labute approximate surface area is 226 Å². The SMILES string of the molecule is O=C(NCCN1CCCC1)c1ccc(Cn2nnc3c(N4CCOCC4)nc(-c4cccc(O)c4)nc32)cc1. The zero-order valence-corrected chi connectivity index (χ0v) is 21.8. The molecule has 2 saturated heterocycles. The van der Waals surface area contributed by atoms with E-state index in [0.29, 0.717) is 73.3 Å². The summed E-state index contributed by atoms with van der Waals surface area (Å²) in [4.78, 5) is 26.7. The highest BCUT2D eigenvalue weighted by atomic mass is 16.5. The molecule has 0 saturated carbocycles. The first-order valence-electron chi connectivity index (χ1n) is 13.5. The van der Waals surface area contributed by atoms with Crippen LogP contribution < -0.4 is 10.2 Å². The van der Waals surface area contributed by atoms with E-state index in [4.69, 9.17) is 14.7 Å². The number of rotatable bonds is 8. The van der Waals surface area contributed by atoms with Gasteiger partial charge in [-0.15, -0.1) is 5.10 Å². The van der Waals surface area contributed by atoms with Gasteiger partial charge in [-0.2, -0.15) is 0 Å². The first kappa shape index (κ1) is 25.2. The normalized spacial score (nSPS) is 16.2. The molecule has 0 atom stereocenters. The van der Waals surface area contributed by atoms with Gasteiger partial charge in [0.1, 0.15) is 5.75 Å². The Balaban J connectivity index is 1.23. The van der Waals surface area contributed by atoms with E-state index in [1.165, 1.54) is 12.8 Å². The van der Waals surface area contributed by atoms with Crippen LogP contribution in [0.15, 0.2) is 48.5 Å². The minimum absolute atomic E-state index is 0.0643. The van der Waals surface area contributed by atoms with Crippen molar-refractivity contribution in [3.8, 4) is 17.1 Å². The third-order valence-electron chi connectivity index (χ3n) is 7.22. The number of phenols is 1. The monoisotopic (exact) mass is 528 g/mol. The molecule has 2 aliphatic rings. The Morgan fingerprint density at radius 3 is 2.56 bits per heavy atom. The van der Waals surface area contributed by atoms with Crippen LogP contribution in [0.25, 0.3) is 22.6 Å². The molecule has 0 bridgehead atoms. The fourth-order valence-electron chi connectivity index (χ4n) is 5.09. The van der Waals surface area contributed by atoms with Gasteiger partial charge in [0.05, 0.1) is 19.8 Å². The number of aromatic hydroxyl groups is 1. The van der Waals surface area contributed by atoms with Crippen LogP contribution in [0.1, 0.15) is 28.8 Å². The minimum Gasteiger partial charge on any atom is -0.508 e. The van der Waals surface area contributed by atoms with Gasteiger partial charge in [0.15, 0.2) is 22.8 Å². The molecule has 202 valence electrons. The lowest BCUT2D eigenvalue weighted by molar-refractivity contribution is 0.0949. The van der Waals surface area contributed by atoms with E-state index in [0.717, 1.165) is 25.2 Å². The number of amides is 1. The van der Waals surface area contributed by atoms with Gasteiger partial charge in [0.2, 0.25) is 0 Å². The van der Waals surface area contributed by atoms with E-state index in [1.807, 2.05) is 30.3 Å².